The normalized spacial score (nSPS) is 11.0. The molecule has 0 unspecified atom stereocenters. The highest BCUT2D eigenvalue weighted by atomic mass is 35.5. The van der Waals surface area contributed by atoms with Crippen molar-refractivity contribution < 1.29 is 4.74 Å². The molecular weight excluding hydrogens is 358 g/mol. The summed E-state index contributed by atoms with van der Waals surface area (Å²) < 4.78 is 9.79. The molecule has 3 aromatic carbocycles. The summed E-state index contributed by atoms with van der Waals surface area (Å²) in [6, 6.07) is 25.6. The van der Waals surface area contributed by atoms with Gasteiger partial charge in [-0.05, 0) is 35.9 Å². The van der Waals surface area contributed by atoms with Crippen LogP contribution in [0, 0.1) is 5.41 Å². The highest BCUT2D eigenvalue weighted by molar-refractivity contribution is 6.31. The zero-order valence-corrected chi connectivity index (χ0v) is 15.6. The number of halogens is 1. The van der Waals surface area contributed by atoms with Crippen LogP contribution in [0.1, 0.15) is 5.56 Å². The third kappa shape index (κ3) is 3.62. The number of nitrogens with one attached hydrogen (secondary N) is 1. The lowest BCUT2D eigenvalue weighted by molar-refractivity contribution is 0.296. The third-order valence-electron chi connectivity index (χ3n) is 4.59. The first-order chi connectivity index (χ1) is 13.2. The molecule has 0 bridgehead atoms. The van der Waals surface area contributed by atoms with Gasteiger partial charge in [0, 0.05) is 5.02 Å². The number of imidazole rings is 1. The number of benzene rings is 3. The molecule has 4 rings (SSSR count). The van der Waals surface area contributed by atoms with E-state index in [1.807, 2.05) is 88.0 Å². The van der Waals surface area contributed by atoms with E-state index in [1.165, 1.54) is 0 Å². The summed E-state index contributed by atoms with van der Waals surface area (Å²) >= 11 is 6.33. The van der Waals surface area contributed by atoms with Crippen molar-refractivity contribution in [3.8, 4) is 5.75 Å². The van der Waals surface area contributed by atoms with Gasteiger partial charge in [0.15, 0.2) is 0 Å². The number of nitrogens with zero attached hydrogens (tertiary/aromatic N) is 2. The number of fused-ring (bicyclic) bond motifs is 1. The number of aromatic nitrogens is 2. The van der Waals surface area contributed by atoms with Crippen LogP contribution in [0.2, 0.25) is 5.02 Å². The van der Waals surface area contributed by atoms with Gasteiger partial charge in [-0.1, -0.05) is 60.1 Å². The van der Waals surface area contributed by atoms with Gasteiger partial charge in [0.05, 0.1) is 24.1 Å². The minimum atomic E-state index is 0.438. The van der Waals surface area contributed by atoms with E-state index >= 15 is 0 Å². The number of hydrogen-bond donors (Lipinski definition) is 1. The van der Waals surface area contributed by atoms with E-state index in [0.29, 0.717) is 30.3 Å². The van der Waals surface area contributed by atoms with Crippen LogP contribution in [-0.2, 0) is 13.1 Å². The molecule has 5 heteroatoms. The maximum absolute atomic E-state index is 8.71. The molecule has 0 aliphatic rings. The van der Waals surface area contributed by atoms with Gasteiger partial charge in [-0.3, -0.25) is 5.41 Å². The van der Waals surface area contributed by atoms with Crippen LogP contribution >= 0.6 is 11.6 Å². The molecule has 0 aliphatic carbocycles. The van der Waals surface area contributed by atoms with E-state index in [-0.39, 0.29) is 0 Å². The number of hydrogen-bond acceptors (Lipinski definition) is 2. The summed E-state index contributed by atoms with van der Waals surface area (Å²) in [4.78, 5) is 0. The van der Waals surface area contributed by atoms with Gasteiger partial charge in [0.1, 0.15) is 12.4 Å². The van der Waals surface area contributed by atoms with Crippen molar-refractivity contribution in [2.75, 3.05) is 6.61 Å². The molecule has 4 nitrogen and oxygen atoms in total. The maximum atomic E-state index is 8.71. The van der Waals surface area contributed by atoms with E-state index in [2.05, 4.69) is 0 Å². The Morgan fingerprint density at radius 1 is 0.778 bits per heavy atom. The van der Waals surface area contributed by atoms with Crippen LogP contribution in [0.5, 0.6) is 5.75 Å². The molecule has 27 heavy (non-hydrogen) atoms. The van der Waals surface area contributed by atoms with Crippen LogP contribution < -0.4 is 10.4 Å². The van der Waals surface area contributed by atoms with Crippen molar-refractivity contribution in [2.45, 2.75) is 13.1 Å². The summed E-state index contributed by atoms with van der Waals surface area (Å²) in [6.45, 7) is 1.66. The standard InChI is InChI=1S/C22H20ClN3O/c23-19-11-5-4-8-17(19)16-26-21-13-7-6-12-20(21)25(22(26)24)14-15-27-18-9-2-1-3-10-18/h1-13,24H,14-16H2. The zero-order chi connectivity index (χ0) is 18.6. The maximum Gasteiger partial charge on any atom is 0.203 e. The Morgan fingerprint density at radius 3 is 2.15 bits per heavy atom. The fraction of sp³-hybridized carbons (Fsp3) is 0.136. The SMILES string of the molecule is N=c1n(CCOc2ccccc2)c2ccccc2n1Cc1ccccc1Cl. The molecule has 136 valence electrons. The Morgan fingerprint density at radius 2 is 1.41 bits per heavy atom. The largest absolute Gasteiger partial charge is 0.492 e. The van der Waals surface area contributed by atoms with Crippen molar-refractivity contribution in [1.29, 1.82) is 5.41 Å². The molecule has 0 fully saturated rings. The van der Waals surface area contributed by atoms with E-state index in [9.17, 15) is 0 Å². The van der Waals surface area contributed by atoms with Gasteiger partial charge in [-0.2, -0.15) is 0 Å². The van der Waals surface area contributed by atoms with Crippen molar-refractivity contribution in [2.24, 2.45) is 0 Å². The molecule has 0 saturated heterocycles. The van der Waals surface area contributed by atoms with Crippen LogP contribution in [-0.4, -0.2) is 15.7 Å². The molecule has 1 aromatic heterocycles. The molecule has 0 radical (unpaired) electrons. The number of rotatable bonds is 6. The van der Waals surface area contributed by atoms with Gasteiger partial charge >= 0.3 is 0 Å². The molecule has 1 heterocycles. The molecular formula is C22H20ClN3O. The van der Waals surface area contributed by atoms with Crippen molar-refractivity contribution in [3.63, 3.8) is 0 Å². The average Bonchev–Trinajstić information content (AvgIpc) is 2.96. The van der Waals surface area contributed by atoms with Crippen LogP contribution in [0.25, 0.3) is 11.0 Å². The molecule has 4 aromatic rings. The van der Waals surface area contributed by atoms with Crippen LogP contribution in [0.4, 0.5) is 0 Å². The molecule has 0 amide bonds. The fourth-order valence-corrected chi connectivity index (χ4v) is 3.44. The summed E-state index contributed by atoms with van der Waals surface area (Å²) in [7, 11) is 0. The first-order valence-electron chi connectivity index (χ1n) is 8.88. The number of para-hydroxylation sites is 3. The monoisotopic (exact) mass is 377 g/mol. The minimum absolute atomic E-state index is 0.438. The topological polar surface area (TPSA) is 42.9 Å². The van der Waals surface area contributed by atoms with Crippen LogP contribution in [0.3, 0.4) is 0 Å². The van der Waals surface area contributed by atoms with Crippen molar-refractivity contribution in [1.82, 2.24) is 9.13 Å². The average molecular weight is 378 g/mol. The van der Waals surface area contributed by atoms with Crippen LogP contribution in [0.15, 0.2) is 78.9 Å². The molecule has 0 spiro atoms. The first-order valence-corrected chi connectivity index (χ1v) is 9.26. The summed E-state index contributed by atoms with van der Waals surface area (Å²) in [6.07, 6.45) is 0. The lowest BCUT2D eigenvalue weighted by atomic mass is 10.2. The quantitative estimate of drug-likeness (QED) is 0.520. The van der Waals surface area contributed by atoms with Gasteiger partial charge in [0.25, 0.3) is 0 Å². The van der Waals surface area contributed by atoms with E-state index in [4.69, 9.17) is 21.7 Å². The van der Waals surface area contributed by atoms with Crippen molar-refractivity contribution in [3.05, 3.63) is 95.1 Å². The Balaban J connectivity index is 1.64. The summed E-state index contributed by atoms with van der Waals surface area (Å²) in [5, 5.41) is 9.42. The highest BCUT2D eigenvalue weighted by Crippen LogP contribution is 2.19. The van der Waals surface area contributed by atoms with Gasteiger partial charge < -0.3 is 13.9 Å². The smallest absolute Gasteiger partial charge is 0.203 e. The molecule has 0 aliphatic heterocycles. The highest BCUT2D eigenvalue weighted by Gasteiger charge is 2.12. The lowest BCUT2D eigenvalue weighted by Crippen LogP contribution is -2.27. The third-order valence-corrected chi connectivity index (χ3v) is 4.96. The zero-order valence-electron chi connectivity index (χ0n) is 14.8. The molecule has 1 N–H and O–H groups in total. The minimum Gasteiger partial charge on any atom is -0.492 e. The summed E-state index contributed by atoms with van der Waals surface area (Å²) in [5.74, 6) is 0.837. The molecule has 0 atom stereocenters. The second kappa shape index (κ2) is 7.72. The van der Waals surface area contributed by atoms with E-state index in [0.717, 1.165) is 22.3 Å². The predicted molar refractivity (Wildman–Crippen MR) is 108 cm³/mol. The van der Waals surface area contributed by atoms with E-state index in [1.54, 1.807) is 0 Å². The number of ether oxygens (including phenoxy) is 1. The van der Waals surface area contributed by atoms with E-state index < -0.39 is 0 Å². The Bertz CT molecular complexity index is 1120. The van der Waals surface area contributed by atoms with Gasteiger partial charge in [-0.15, -0.1) is 0 Å². The Hall–Kier alpha value is -2.98. The van der Waals surface area contributed by atoms with Gasteiger partial charge in [-0.25, -0.2) is 0 Å². The Labute approximate surface area is 162 Å². The lowest BCUT2D eigenvalue weighted by Gasteiger charge is -2.08. The van der Waals surface area contributed by atoms with Crippen molar-refractivity contribution >= 4 is 22.6 Å². The Kier molecular flexibility index (Phi) is 4.99. The fourth-order valence-electron chi connectivity index (χ4n) is 3.25. The van der Waals surface area contributed by atoms with Gasteiger partial charge in [0.2, 0.25) is 5.62 Å². The summed E-state index contributed by atoms with van der Waals surface area (Å²) in [5.41, 5.74) is 3.47. The first kappa shape index (κ1) is 17.4. The predicted octanol–water partition coefficient (Wildman–Crippen LogP) is 4.70. The second-order valence-electron chi connectivity index (χ2n) is 6.30. The second-order valence-corrected chi connectivity index (χ2v) is 6.71. The molecule has 0 saturated carbocycles.